The predicted octanol–water partition coefficient (Wildman–Crippen LogP) is 3.18. The topological polar surface area (TPSA) is 27.0 Å². The summed E-state index contributed by atoms with van der Waals surface area (Å²) < 4.78 is 0.855. The van der Waals surface area contributed by atoms with Gasteiger partial charge in [-0.3, -0.25) is 0 Å². The molecule has 0 aliphatic heterocycles. The first-order valence-electron chi connectivity index (χ1n) is 5.48. The van der Waals surface area contributed by atoms with E-state index in [4.69, 9.17) is 16.9 Å². The zero-order valence-electron chi connectivity index (χ0n) is 9.37. The maximum atomic E-state index is 9.00. The Bertz CT molecular complexity index is 403. The van der Waals surface area contributed by atoms with Crippen LogP contribution in [0.15, 0.2) is 12.1 Å². The molecule has 0 radical (unpaired) electrons. The molecule has 0 spiro atoms. The summed E-state index contributed by atoms with van der Waals surface area (Å²) in [5.74, 6) is 0. The highest BCUT2D eigenvalue weighted by Gasteiger charge is 2.43. The van der Waals surface area contributed by atoms with Crippen LogP contribution >= 0.6 is 22.9 Å². The molecule has 0 bridgehead atoms. The molecular weight excluding hydrogens is 240 g/mol. The van der Waals surface area contributed by atoms with Gasteiger partial charge in [0.05, 0.1) is 15.8 Å². The Kier molecular flexibility index (Phi) is 3.53. The Morgan fingerprint density at radius 2 is 2.31 bits per heavy atom. The van der Waals surface area contributed by atoms with E-state index in [1.165, 1.54) is 4.88 Å². The van der Waals surface area contributed by atoms with Gasteiger partial charge in [0.1, 0.15) is 0 Å². The van der Waals surface area contributed by atoms with Crippen molar-refractivity contribution in [2.45, 2.75) is 19.3 Å². The van der Waals surface area contributed by atoms with Gasteiger partial charge in [0.15, 0.2) is 0 Å². The van der Waals surface area contributed by atoms with Crippen molar-refractivity contribution < 1.29 is 0 Å². The van der Waals surface area contributed by atoms with E-state index in [0.717, 1.165) is 36.7 Å². The molecule has 0 aromatic carbocycles. The average Bonchev–Trinajstić information content (AvgIpc) is 2.91. The van der Waals surface area contributed by atoms with Crippen molar-refractivity contribution in [1.29, 1.82) is 5.26 Å². The van der Waals surface area contributed by atoms with Crippen molar-refractivity contribution in [1.82, 2.24) is 4.90 Å². The van der Waals surface area contributed by atoms with Crippen molar-refractivity contribution in [3.05, 3.63) is 21.3 Å². The molecule has 1 aromatic rings. The van der Waals surface area contributed by atoms with Crippen molar-refractivity contribution in [3.63, 3.8) is 0 Å². The second kappa shape index (κ2) is 4.75. The quantitative estimate of drug-likeness (QED) is 0.807. The minimum atomic E-state index is -0.0259. The van der Waals surface area contributed by atoms with Crippen LogP contribution in [0, 0.1) is 16.7 Å². The SMILES string of the molecule is CN(CCc1ccc(Cl)s1)CC1(C#N)CC1. The molecule has 1 aliphatic carbocycles. The standard InChI is InChI=1S/C12H15ClN2S/c1-15(9-12(8-14)5-6-12)7-4-10-2-3-11(13)16-10/h2-3H,4-7,9H2,1H3. The van der Waals surface area contributed by atoms with E-state index in [2.05, 4.69) is 24.1 Å². The van der Waals surface area contributed by atoms with Crippen LogP contribution in [0.5, 0.6) is 0 Å². The van der Waals surface area contributed by atoms with E-state index >= 15 is 0 Å². The molecule has 2 nitrogen and oxygen atoms in total. The highest BCUT2D eigenvalue weighted by atomic mass is 35.5. The highest BCUT2D eigenvalue weighted by molar-refractivity contribution is 7.16. The lowest BCUT2D eigenvalue weighted by Crippen LogP contribution is -2.27. The van der Waals surface area contributed by atoms with Crippen molar-refractivity contribution in [2.75, 3.05) is 20.1 Å². The van der Waals surface area contributed by atoms with E-state index in [9.17, 15) is 0 Å². The summed E-state index contributed by atoms with van der Waals surface area (Å²) in [6.45, 7) is 1.91. The molecule has 1 aliphatic rings. The number of hydrogen-bond donors (Lipinski definition) is 0. The Labute approximate surface area is 105 Å². The number of rotatable bonds is 5. The van der Waals surface area contributed by atoms with Crippen LogP contribution in [0.1, 0.15) is 17.7 Å². The molecule has 0 unspecified atom stereocenters. The lowest BCUT2D eigenvalue weighted by atomic mass is 10.1. The van der Waals surface area contributed by atoms with E-state index < -0.39 is 0 Å². The average molecular weight is 255 g/mol. The van der Waals surface area contributed by atoms with Crippen LogP contribution < -0.4 is 0 Å². The maximum Gasteiger partial charge on any atom is 0.0931 e. The summed E-state index contributed by atoms with van der Waals surface area (Å²) in [6, 6.07) is 6.45. The first-order valence-corrected chi connectivity index (χ1v) is 6.67. The summed E-state index contributed by atoms with van der Waals surface area (Å²) in [6.07, 6.45) is 3.16. The fraction of sp³-hybridized carbons (Fsp3) is 0.583. The first-order chi connectivity index (χ1) is 7.63. The van der Waals surface area contributed by atoms with E-state index in [1.54, 1.807) is 11.3 Å². The molecule has 0 saturated heterocycles. The minimum absolute atomic E-state index is 0.0259. The van der Waals surface area contributed by atoms with E-state index in [1.807, 2.05) is 6.07 Å². The monoisotopic (exact) mass is 254 g/mol. The van der Waals surface area contributed by atoms with E-state index in [-0.39, 0.29) is 5.41 Å². The smallest absolute Gasteiger partial charge is 0.0931 e. The molecule has 1 aromatic heterocycles. The summed E-state index contributed by atoms with van der Waals surface area (Å²) in [5.41, 5.74) is -0.0259. The van der Waals surface area contributed by atoms with Crippen LogP contribution in [-0.4, -0.2) is 25.0 Å². The number of likely N-dealkylation sites (N-methyl/N-ethyl adjacent to an activating group) is 1. The molecule has 2 rings (SSSR count). The van der Waals surface area contributed by atoms with Gasteiger partial charge in [-0.05, 0) is 38.4 Å². The number of thiophene rings is 1. The first kappa shape index (κ1) is 11.9. The second-order valence-electron chi connectivity index (χ2n) is 4.59. The second-order valence-corrected chi connectivity index (χ2v) is 6.39. The maximum absolute atomic E-state index is 9.00. The molecular formula is C12H15ClN2S. The fourth-order valence-electron chi connectivity index (χ4n) is 1.84. The van der Waals surface area contributed by atoms with Gasteiger partial charge in [-0.1, -0.05) is 11.6 Å². The lowest BCUT2D eigenvalue weighted by Gasteiger charge is -2.18. The zero-order chi connectivity index (χ0) is 11.6. The molecule has 1 heterocycles. The number of nitrogens with zero attached hydrogens (tertiary/aromatic N) is 2. The minimum Gasteiger partial charge on any atom is -0.304 e. The van der Waals surface area contributed by atoms with Gasteiger partial charge in [0, 0.05) is 18.0 Å². The normalized spacial score (nSPS) is 17.4. The van der Waals surface area contributed by atoms with Gasteiger partial charge in [0.25, 0.3) is 0 Å². The summed E-state index contributed by atoms with van der Waals surface area (Å²) in [4.78, 5) is 3.57. The number of halogens is 1. The summed E-state index contributed by atoms with van der Waals surface area (Å²) >= 11 is 7.52. The molecule has 0 atom stereocenters. The molecule has 4 heteroatoms. The van der Waals surface area contributed by atoms with Crippen LogP contribution in [0.25, 0.3) is 0 Å². The molecule has 16 heavy (non-hydrogen) atoms. The number of nitriles is 1. The van der Waals surface area contributed by atoms with Gasteiger partial charge in [-0.25, -0.2) is 0 Å². The van der Waals surface area contributed by atoms with Crippen molar-refractivity contribution >= 4 is 22.9 Å². The Morgan fingerprint density at radius 3 is 2.81 bits per heavy atom. The highest BCUT2D eigenvalue weighted by Crippen LogP contribution is 2.45. The third-order valence-corrected chi connectivity index (χ3v) is 4.32. The van der Waals surface area contributed by atoms with Crippen LogP contribution in [0.4, 0.5) is 0 Å². The molecule has 1 saturated carbocycles. The third-order valence-electron chi connectivity index (χ3n) is 3.03. The van der Waals surface area contributed by atoms with Crippen LogP contribution in [-0.2, 0) is 6.42 Å². The van der Waals surface area contributed by atoms with Gasteiger partial charge >= 0.3 is 0 Å². The number of hydrogen-bond acceptors (Lipinski definition) is 3. The summed E-state index contributed by atoms with van der Waals surface area (Å²) in [7, 11) is 2.09. The molecule has 0 N–H and O–H groups in total. The van der Waals surface area contributed by atoms with Crippen LogP contribution in [0.2, 0.25) is 4.34 Å². The molecule has 0 amide bonds. The van der Waals surface area contributed by atoms with Gasteiger partial charge in [-0.2, -0.15) is 5.26 Å². The predicted molar refractivity (Wildman–Crippen MR) is 67.8 cm³/mol. The van der Waals surface area contributed by atoms with Gasteiger partial charge in [0.2, 0.25) is 0 Å². The molecule has 86 valence electrons. The lowest BCUT2D eigenvalue weighted by molar-refractivity contribution is 0.298. The van der Waals surface area contributed by atoms with Crippen molar-refractivity contribution in [2.24, 2.45) is 5.41 Å². The third kappa shape index (κ3) is 2.98. The zero-order valence-corrected chi connectivity index (χ0v) is 10.9. The van der Waals surface area contributed by atoms with E-state index in [0.29, 0.717) is 0 Å². The van der Waals surface area contributed by atoms with Gasteiger partial charge in [-0.15, -0.1) is 11.3 Å². The van der Waals surface area contributed by atoms with Crippen molar-refractivity contribution in [3.8, 4) is 6.07 Å². The Balaban J connectivity index is 1.76. The summed E-state index contributed by atoms with van der Waals surface area (Å²) in [5, 5.41) is 9.00. The Morgan fingerprint density at radius 1 is 1.56 bits per heavy atom. The fourth-order valence-corrected chi connectivity index (χ4v) is 2.92. The molecule has 1 fully saturated rings. The van der Waals surface area contributed by atoms with Gasteiger partial charge < -0.3 is 4.90 Å². The Hall–Kier alpha value is -0.560. The largest absolute Gasteiger partial charge is 0.304 e. The van der Waals surface area contributed by atoms with Crippen LogP contribution in [0.3, 0.4) is 0 Å².